The second kappa shape index (κ2) is 10.8. The van der Waals surface area contributed by atoms with Crippen LogP contribution >= 0.6 is 24.0 Å². The van der Waals surface area contributed by atoms with Crippen LogP contribution in [0.2, 0.25) is 0 Å². The number of imide groups is 1. The Morgan fingerprint density at radius 2 is 1.69 bits per heavy atom. The molecule has 7 heteroatoms. The molecule has 1 aromatic rings. The van der Waals surface area contributed by atoms with Crippen molar-refractivity contribution in [3.8, 4) is 0 Å². The van der Waals surface area contributed by atoms with E-state index in [1.165, 1.54) is 10.5 Å². The number of nitrogens with one attached hydrogen (secondary N) is 2. The van der Waals surface area contributed by atoms with Crippen molar-refractivity contribution in [3.05, 3.63) is 48.0 Å². The van der Waals surface area contributed by atoms with Crippen molar-refractivity contribution in [2.24, 2.45) is 34.6 Å². The second-order valence-corrected chi connectivity index (χ2v) is 9.32. The molecule has 2 aliphatic carbocycles. The molecule has 1 saturated heterocycles. The van der Waals surface area contributed by atoms with Gasteiger partial charge in [-0.1, -0.05) is 56.3 Å². The Balaban J connectivity index is 0.00000289. The lowest BCUT2D eigenvalue weighted by Crippen LogP contribution is -2.41. The molecule has 2 fully saturated rings. The first-order valence-electron chi connectivity index (χ1n) is 11.5. The maximum Gasteiger partial charge on any atom is 0.233 e. The molecule has 5 atom stereocenters. The SMILES string of the molecule is CN=C(NCCCN1C(=O)C2C3C=CC(C3)C2C1=O)NCC(c1ccccc1)C(C)C.I. The molecule has 174 valence electrons. The molecular weight excluding hydrogens is 515 g/mol. The fourth-order valence-electron chi connectivity index (χ4n) is 5.49. The number of aliphatic imine (C=N–C) groups is 1. The van der Waals surface area contributed by atoms with Gasteiger partial charge in [0, 0.05) is 32.6 Å². The molecule has 4 rings (SSSR count). The van der Waals surface area contributed by atoms with Crippen LogP contribution in [-0.4, -0.2) is 49.4 Å². The number of halogens is 1. The molecule has 0 spiro atoms. The van der Waals surface area contributed by atoms with E-state index in [0.29, 0.717) is 31.3 Å². The van der Waals surface area contributed by atoms with Crippen molar-refractivity contribution in [2.45, 2.75) is 32.6 Å². The number of nitrogens with zero attached hydrogens (tertiary/aromatic N) is 2. The molecule has 2 amide bonds. The van der Waals surface area contributed by atoms with Gasteiger partial charge in [-0.2, -0.15) is 0 Å². The molecule has 1 aromatic carbocycles. The van der Waals surface area contributed by atoms with Crippen LogP contribution in [0.15, 0.2) is 47.5 Å². The van der Waals surface area contributed by atoms with Gasteiger partial charge in [0.1, 0.15) is 0 Å². The quantitative estimate of drug-likeness (QED) is 0.130. The number of hydrogen-bond acceptors (Lipinski definition) is 3. The third-order valence-electron chi connectivity index (χ3n) is 7.16. The lowest BCUT2D eigenvalue weighted by atomic mass is 9.85. The van der Waals surface area contributed by atoms with Crippen molar-refractivity contribution in [3.63, 3.8) is 0 Å². The van der Waals surface area contributed by atoms with Crippen LogP contribution in [-0.2, 0) is 9.59 Å². The monoisotopic (exact) mass is 550 g/mol. The van der Waals surface area contributed by atoms with Gasteiger partial charge < -0.3 is 10.6 Å². The smallest absolute Gasteiger partial charge is 0.233 e. The highest BCUT2D eigenvalue weighted by atomic mass is 127. The first-order valence-corrected chi connectivity index (χ1v) is 11.5. The first-order chi connectivity index (χ1) is 15.0. The van der Waals surface area contributed by atoms with Gasteiger partial charge in [-0.25, -0.2) is 0 Å². The highest BCUT2D eigenvalue weighted by molar-refractivity contribution is 14.0. The van der Waals surface area contributed by atoms with Gasteiger partial charge in [0.15, 0.2) is 5.96 Å². The summed E-state index contributed by atoms with van der Waals surface area (Å²) in [5.74, 6) is 2.07. The van der Waals surface area contributed by atoms with E-state index >= 15 is 0 Å². The molecule has 0 radical (unpaired) electrons. The normalized spacial score (nSPS) is 27.0. The number of hydrogen-bond donors (Lipinski definition) is 2. The van der Waals surface area contributed by atoms with E-state index in [0.717, 1.165) is 18.9 Å². The van der Waals surface area contributed by atoms with Crippen LogP contribution in [0, 0.1) is 29.6 Å². The number of carbonyl (C=O) groups is 2. The molecule has 1 saturated carbocycles. The van der Waals surface area contributed by atoms with Gasteiger partial charge in [0.2, 0.25) is 11.8 Å². The average molecular weight is 550 g/mol. The zero-order valence-corrected chi connectivity index (χ0v) is 21.5. The average Bonchev–Trinajstić information content (AvgIpc) is 3.45. The zero-order chi connectivity index (χ0) is 22.0. The number of amides is 2. The van der Waals surface area contributed by atoms with Crippen molar-refractivity contribution in [1.29, 1.82) is 0 Å². The fourth-order valence-corrected chi connectivity index (χ4v) is 5.49. The minimum atomic E-state index is -0.101. The van der Waals surface area contributed by atoms with Crippen molar-refractivity contribution in [2.75, 3.05) is 26.7 Å². The Hall–Kier alpha value is -1.90. The van der Waals surface area contributed by atoms with E-state index in [1.54, 1.807) is 7.05 Å². The number of likely N-dealkylation sites (tertiary alicyclic amines) is 1. The van der Waals surface area contributed by atoms with Gasteiger partial charge in [0.05, 0.1) is 11.8 Å². The van der Waals surface area contributed by atoms with E-state index in [2.05, 4.69) is 65.9 Å². The maximum absolute atomic E-state index is 12.8. The van der Waals surface area contributed by atoms with Gasteiger partial charge in [-0.15, -0.1) is 24.0 Å². The van der Waals surface area contributed by atoms with E-state index in [4.69, 9.17) is 0 Å². The number of guanidine groups is 1. The first kappa shape index (κ1) is 24.7. The largest absolute Gasteiger partial charge is 0.356 e. The predicted molar refractivity (Wildman–Crippen MR) is 138 cm³/mol. The van der Waals surface area contributed by atoms with Gasteiger partial charge in [-0.05, 0) is 36.2 Å². The summed E-state index contributed by atoms with van der Waals surface area (Å²) in [5, 5.41) is 6.76. The zero-order valence-electron chi connectivity index (χ0n) is 19.2. The summed E-state index contributed by atoms with van der Waals surface area (Å²) in [7, 11) is 1.76. The third kappa shape index (κ3) is 4.87. The summed E-state index contributed by atoms with van der Waals surface area (Å²) in [5.41, 5.74) is 1.32. The lowest BCUT2D eigenvalue weighted by Gasteiger charge is -2.23. The molecule has 2 N–H and O–H groups in total. The van der Waals surface area contributed by atoms with E-state index in [-0.39, 0.29) is 59.5 Å². The molecule has 0 aromatic heterocycles. The summed E-state index contributed by atoms with van der Waals surface area (Å²) < 4.78 is 0. The highest BCUT2D eigenvalue weighted by Crippen LogP contribution is 2.52. The molecule has 6 nitrogen and oxygen atoms in total. The highest BCUT2D eigenvalue weighted by Gasteiger charge is 2.58. The number of rotatable bonds is 8. The van der Waals surface area contributed by atoms with Crippen molar-refractivity contribution < 1.29 is 9.59 Å². The maximum atomic E-state index is 12.8. The number of carbonyl (C=O) groups excluding carboxylic acids is 2. The van der Waals surface area contributed by atoms with Crippen LogP contribution in [0.5, 0.6) is 0 Å². The van der Waals surface area contributed by atoms with E-state index < -0.39 is 0 Å². The van der Waals surface area contributed by atoms with Gasteiger partial charge in [0.25, 0.3) is 0 Å². The number of allylic oxidation sites excluding steroid dienone is 2. The Morgan fingerprint density at radius 1 is 1.06 bits per heavy atom. The second-order valence-electron chi connectivity index (χ2n) is 9.32. The number of benzene rings is 1. The molecule has 1 aliphatic heterocycles. The predicted octanol–water partition coefficient (Wildman–Crippen LogP) is 3.41. The minimum absolute atomic E-state index is 0. The Kier molecular flexibility index (Phi) is 8.36. The number of fused-ring (bicyclic) bond motifs is 5. The van der Waals surface area contributed by atoms with Crippen LogP contribution in [0.25, 0.3) is 0 Å². The Bertz CT molecular complexity index is 840. The molecule has 3 aliphatic rings. The summed E-state index contributed by atoms with van der Waals surface area (Å²) in [6.07, 6.45) is 5.96. The Morgan fingerprint density at radius 3 is 2.25 bits per heavy atom. The van der Waals surface area contributed by atoms with Crippen molar-refractivity contribution in [1.82, 2.24) is 15.5 Å². The molecule has 2 bridgehead atoms. The van der Waals surface area contributed by atoms with E-state index in [9.17, 15) is 9.59 Å². The third-order valence-corrected chi connectivity index (χ3v) is 7.16. The molecule has 1 heterocycles. The summed E-state index contributed by atoms with van der Waals surface area (Å²) >= 11 is 0. The van der Waals surface area contributed by atoms with Crippen LogP contribution in [0.3, 0.4) is 0 Å². The van der Waals surface area contributed by atoms with Crippen LogP contribution in [0.4, 0.5) is 0 Å². The molecule has 5 unspecified atom stereocenters. The lowest BCUT2D eigenvalue weighted by molar-refractivity contribution is -0.140. The fraction of sp³-hybridized carbons (Fsp3) is 0.560. The summed E-state index contributed by atoms with van der Waals surface area (Å²) in [6.45, 7) is 6.40. The minimum Gasteiger partial charge on any atom is -0.356 e. The van der Waals surface area contributed by atoms with E-state index in [1.807, 2.05) is 6.07 Å². The van der Waals surface area contributed by atoms with Gasteiger partial charge >= 0.3 is 0 Å². The summed E-state index contributed by atoms with van der Waals surface area (Å²) in [4.78, 5) is 31.4. The van der Waals surface area contributed by atoms with Crippen LogP contribution in [0.1, 0.15) is 38.2 Å². The standard InChI is InChI=1S/C25H34N4O2.HI/c1-16(2)20(17-8-5-4-6-9-17)15-28-25(26-3)27-12-7-13-29-23(30)21-18-10-11-19(14-18)22(21)24(29)31;/h4-6,8-11,16,18-22H,7,12-15H2,1-3H3,(H2,26,27,28);1H. The summed E-state index contributed by atoms with van der Waals surface area (Å²) in [6, 6.07) is 10.5. The topological polar surface area (TPSA) is 73.8 Å². The van der Waals surface area contributed by atoms with Gasteiger partial charge in [-0.3, -0.25) is 19.5 Å². The van der Waals surface area contributed by atoms with Crippen molar-refractivity contribution >= 4 is 41.8 Å². The molecule has 32 heavy (non-hydrogen) atoms. The van der Waals surface area contributed by atoms with Crippen LogP contribution < -0.4 is 10.6 Å². The Labute approximate surface area is 208 Å². The molecular formula is C25H35IN4O2.